The molecule has 0 spiro atoms. The number of amides is 1. The molecule has 21 heavy (non-hydrogen) atoms. The Kier molecular flexibility index (Phi) is 4.75. The molecular formula is C15H19F3N2O. The number of para-hydroxylation sites is 1. The zero-order valence-corrected chi connectivity index (χ0v) is 11.9. The van der Waals surface area contributed by atoms with E-state index in [2.05, 4.69) is 10.6 Å². The summed E-state index contributed by atoms with van der Waals surface area (Å²) in [7, 11) is 0. The minimum absolute atomic E-state index is 0.0542. The number of carbonyl (C=O) groups excluding carboxylic acids is 1. The lowest BCUT2D eigenvalue weighted by atomic mass is 10.0. The number of benzene rings is 1. The van der Waals surface area contributed by atoms with Crippen molar-refractivity contribution in [2.24, 2.45) is 0 Å². The van der Waals surface area contributed by atoms with Gasteiger partial charge in [-0.1, -0.05) is 18.9 Å². The smallest absolute Gasteiger partial charge is 0.384 e. The van der Waals surface area contributed by atoms with Gasteiger partial charge < -0.3 is 10.6 Å². The number of hydrogen-bond acceptors (Lipinski definition) is 2. The van der Waals surface area contributed by atoms with Crippen LogP contribution in [-0.2, 0) is 6.18 Å². The molecule has 1 aliphatic carbocycles. The van der Waals surface area contributed by atoms with Crippen LogP contribution in [0.5, 0.6) is 0 Å². The minimum Gasteiger partial charge on any atom is -0.384 e. The molecule has 0 saturated heterocycles. The van der Waals surface area contributed by atoms with Crippen molar-refractivity contribution in [3.8, 4) is 0 Å². The van der Waals surface area contributed by atoms with Crippen molar-refractivity contribution in [3.63, 3.8) is 0 Å². The van der Waals surface area contributed by atoms with E-state index in [0.29, 0.717) is 6.54 Å². The van der Waals surface area contributed by atoms with E-state index >= 15 is 0 Å². The van der Waals surface area contributed by atoms with Gasteiger partial charge in [0.25, 0.3) is 5.91 Å². The molecule has 6 heteroatoms. The summed E-state index contributed by atoms with van der Waals surface area (Å²) < 4.78 is 39.1. The molecule has 1 amide bonds. The standard InChI is InChI=1S/C15H19F3N2O/c1-2-19-13-11(8-5-9-12(13)15(16,17)18)14(21)20-10-6-3-4-7-10/h5,8-10,19H,2-4,6-7H2,1H3,(H,20,21). The predicted molar refractivity (Wildman–Crippen MR) is 75.3 cm³/mol. The maximum absolute atomic E-state index is 13.0. The fraction of sp³-hybridized carbons (Fsp3) is 0.533. The van der Waals surface area contributed by atoms with E-state index in [9.17, 15) is 18.0 Å². The predicted octanol–water partition coefficient (Wildman–Crippen LogP) is 3.81. The van der Waals surface area contributed by atoms with E-state index in [1.807, 2.05) is 0 Å². The Balaban J connectivity index is 2.30. The molecule has 1 saturated carbocycles. The minimum atomic E-state index is -4.48. The van der Waals surface area contributed by atoms with Crippen LogP contribution in [0.1, 0.15) is 48.5 Å². The van der Waals surface area contributed by atoms with Gasteiger partial charge in [0.1, 0.15) is 0 Å². The van der Waals surface area contributed by atoms with E-state index in [1.165, 1.54) is 12.1 Å². The number of carbonyl (C=O) groups is 1. The van der Waals surface area contributed by atoms with E-state index in [4.69, 9.17) is 0 Å². The zero-order chi connectivity index (χ0) is 15.5. The normalized spacial score (nSPS) is 16.0. The molecule has 2 N–H and O–H groups in total. The second kappa shape index (κ2) is 6.37. The summed E-state index contributed by atoms with van der Waals surface area (Å²) in [5.41, 5.74) is -0.884. The number of anilines is 1. The van der Waals surface area contributed by atoms with Crippen LogP contribution in [0.4, 0.5) is 18.9 Å². The molecule has 3 nitrogen and oxygen atoms in total. The molecule has 1 fully saturated rings. The second-order valence-electron chi connectivity index (χ2n) is 5.21. The van der Waals surface area contributed by atoms with Crippen molar-refractivity contribution in [1.29, 1.82) is 0 Å². The van der Waals surface area contributed by atoms with Crippen LogP contribution in [0.25, 0.3) is 0 Å². The Labute approximate surface area is 121 Å². The van der Waals surface area contributed by atoms with Crippen LogP contribution in [0.2, 0.25) is 0 Å². The molecule has 1 aliphatic rings. The summed E-state index contributed by atoms with van der Waals surface area (Å²) in [6.07, 6.45) is -0.606. The zero-order valence-electron chi connectivity index (χ0n) is 11.9. The van der Waals surface area contributed by atoms with Crippen molar-refractivity contribution in [3.05, 3.63) is 29.3 Å². The molecule has 116 valence electrons. The highest BCUT2D eigenvalue weighted by atomic mass is 19.4. The summed E-state index contributed by atoms with van der Waals surface area (Å²) in [4.78, 5) is 12.3. The van der Waals surface area contributed by atoms with E-state index in [1.54, 1.807) is 6.92 Å². The third-order valence-corrected chi connectivity index (χ3v) is 3.66. The lowest BCUT2D eigenvalue weighted by Gasteiger charge is -2.19. The Morgan fingerprint density at radius 3 is 2.52 bits per heavy atom. The first-order valence-corrected chi connectivity index (χ1v) is 7.18. The van der Waals surface area contributed by atoms with Gasteiger partial charge in [0, 0.05) is 12.6 Å². The van der Waals surface area contributed by atoms with Crippen LogP contribution >= 0.6 is 0 Å². The Morgan fingerprint density at radius 2 is 1.95 bits per heavy atom. The number of hydrogen-bond donors (Lipinski definition) is 2. The molecule has 0 aliphatic heterocycles. The van der Waals surface area contributed by atoms with Gasteiger partial charge in [0.15, 0.2) is 0 Å². The molecule has 0 bridgehead atoms. The van der Waals surface area contributed by atoms with Crippen LogP contribution < -0.4 is 10.6 Å². The summed E-state index contributed by atoms with van der Waals surface area (Å²) >= 11 is 0. The highest BCUT2D eigenvalue weighted by Gasteiger charge is 2.35. The van der Waals surface area contributed by atoms with Gasteiger partial charge in [-0.05, 0) is 31.9 Å². The molecule has 0 atom stereocenters. The Bertz CT molecular complexity index is 508. The quantitative estimate of drug-likeness (QED) is 0.888. The number of nitrogens with one attached hydrogen (secondary N) is 2. The third kappa shape index (κ3) is 3.68. The highest BCUT2D eigenvalue weighted by Crippen LogP contribution is 2.36. The third-order valence-electron chi connectivity index (χ3n) is 3.66. The van der Waals surface area contributed by atoms with E-state index < -0.39 is 17.6 Å². The lowest BCUT2D eigenvalue weighted by Crippen LogP contribution is -2.33. The maximum atomic E-state index is 13.0. The average molecular weight is 300 g/mol. The topological polar surface area (TPSA) is 41.1 Å². The summed E-state index contributed by atoms with van der Waals surface area (Å²) in [6, 6.07) is 3.76. The molecule has 0 radical (unpaired) electrons. The van der Waals surface area contributed by atoms with Crippen molar-refractivity contribution in [2.75, 3.05) is 11.9 Å². The van der Waals surface area contributed by atoms with Gasteiger partial charge in [-0.3, -0.25) is 4.79 Å². The summed E-state index contributed by atoms with van der Waals surface area (Å²) in [5.74, 6) is -0.441. The Morgan fingerprint density at radius 1 is 1.29 bits per heavy atom. The van der Waals surface area contributed by atoms with Gasteiger partial charge >= 0.3 is 6.18 Å². The Hall–Kier alpha value is -1.72. The first-order valence-electron chi connectivity index (χ1n) is 7.18. The second-order valence-corrected chi connectivity index (χ2v) is 5.21. The lowest BCUT2D eigenvalue weighted by molar-refractivity contribution is -0.137. The van der Waals surface area contributed by atoms with Gasteiger partial charge in [0.2, 0.25) is 0 Å². The van der Waals surface area contributed by atoms with Crippen molar-refractivity contribution < 1.29 is 18.0 Å². The molecule has 0 aromatic heterocycles. The average Bonchev–Trinajstić information content (AvgIpc) is 2.90. The molecule has 2 rings (SSSR count). The first kappa shape index (κ1) is 15.7. The highest BCUT2D eigenvalue weighted by molar-refractivity contribution is 6.00. The van der Waals surface area contributed by atoms with Crippen LogP contribution in [-0.4, -0.2) is 18.5 Å². The fourth-order valence-electron chi connectivity index (χ4n) is 2.68. The monoisotopic (exact) mass is 300 g/mol. The molecule has 1 aromatic rings. The van der Waals surface area contributed by atoms with Gasteiger partial charge in [-0.15, -0.1) is 0 Å². The van der Waals surface area contributed by atoms with Crippen LogP contribution in [0, 0.1) is 0 Å². The largest absolute Gasteiger partial charge is 0.418 e. The summed E-state index contributed by atoms with van der Waals surface area (Å²) in [5, 5.41) is 5.50. The number of rotatable bonds is 4. The molecule has 0 heterocycles. The molecular weight excluding hydrogens is 281 g/mol. The first-order chi connectivity index (χ1) is 9.93. The maximum Gasteiger partial charge on any atom is 0.418 e. The number of halogens is 3. The van der Waals surface area contributed by atoms with Crippen LogP contribution in [0.3, 0.4) is 0 Å². The SMILES string of the molecule is CCNc1c(C(=O)NC2CCCC2)cccc1C(F)(F)F. The van der Waals surface area contributed by atoms with Gasteiger partial charge in [-0.25, -0.2) is 0 Å². The van der Waals surface area contributed by atoms with Crippen LogP contribution in [0.15, 0.2) is 18.2 Å². The molecule has 0 unspecified atom stereocenters. The van der Waals surface area contributed by atoms with Crippen molar-refractivity contribution in [1.82, 2.24) is 5.32 Å². The van der Waals surface area contributed by atoms with E-state index in [0.717, 1.165) is 31.7 Å². The van der Waals surface area contributed by atoms with Crippen molar-refractivity contribution >= 4 is 11.6 Å². The van der Waals surface area contributed by atoms with Gasteiger partial charge in [-0.2, -0.15) is 13.2 Å². The molecule has 1 aromatic carbocycles. The fourth-order valence-corrected chi connectivity index (χ4v) is 2.68. The summed E-state index contributed by atoms with van der Waals surface area (Å²) in [6.45, 7) is 2.02. The number of alkyl halides is 3. The van der Waals surface area contributed by atoms with Gasteiger partial charge in [0.05, 0.1) is 16.8 Å². The van der Waals surface area contributed by atoms with Crippen molar-refractivity contribution in [2.45, 2.75) is 44.8 Å². The van der Waals surface area contributed by atoms with E-state index in [-0.39, 0.29) is 17.3 Å².